The average molecular weight is 461 g/mol. The number of fused-ring (bicyclic) bond motifs is 1. The molecule has 1 aromatic carbocycles. The van der Waals surface area contributed by atoms with Crippen molar-refractivity contribution in [2.45, 2.75) is 78.0 Å². The number of furan rings is 1. The Labute approximate surface area is 199 Å². The molecular formula is C26H32N6O2. The molecule has 34 heavy (non-hydrogen) atoms. The maximum absolute atomic E-state index is 13.1. The van der Waals surface area contributed by atoms with Gasteiger partial charge in [-0.1, -0.05) is 31.4 Å². The smallest absolute Gasteiger partial charge is 0.252 e. The lowest BCUT2D eigenvalue weighted by Gasteiger charge is -2.30. The summed E-state index contributed by atoms with van der Waals surface area (Å²) in [6.45, 7) is 7.29. The predicted molar refractivity (Wildman–Crippen MR) is 130 cm³/mol. The van der Waals surface area contributed by atoms with E-state index in [1.807, 2.05) is 29.8 Å². The zero-order valence-electron chi connectivity index (χ0n) is 20.1. The summed E-state index contributed by atoms with van der Waals surface area (Å²) in [5, 5.41) is 13.9. The molecule has 0 bridgehead atoms. The van der Waals surface area contributed by atoms with E-state index in [0.29, 0.717) is 19.1 Å². The van der Waals surface area contributed by atoms with E-state index in [1.54, 1.807) is 6.26 Å². The Morgan fingerprint density at radius 2 is 2.03 bits per heavy atom. The van der Waals surface area contributed by atoms with Crippen molar-refractivity contribution in [1.29, 1.82) is 0 Å². The number of aryl methyl sites for hydroxylation is 2. The van der Waals surface area contributed by atoms with Crippen molar-refractivity contribution < 1.29 is 4.42 Å². The molecule has 0 saturated heterocycles. The van der Waals surface area contributed by atoms with Crippen LogP contribution in [-0.2, 0) is 13.1 Å². The number of pyridine rings is 1. The first-order valence-electron chi connectivity index (χ1n) is 12.2. The zero-order chi connectivity index (χ0) is 23.7. The molecule has 3 aromatic heterocycles. The molecule has 8 nitrogen and oxygen atoms in total. The topological polar surface area (TPSA) is 92.8 Å². The molecule has 8 heteroatoms. The number of tetrazole rings is 1. The SMILES string of the molecule is CCC(c1nnnn1C1CCCC1)N(Cc1ccco1)Cc1cc2cc(C)cc(C)c2[nH]c1=O. The largest absolute Gasteiger partial charge is 0.468 e. The van der Waals surface area contributed by atoms with Crippen molar-refractivity contribution in [3.8, 4) is 0 Å². The number of hydrogen-bond acceptors (Lipinski definition) is 6. The lowest BCUT2D eigenvalue weighted by molar-refractivity contribution is 0.146. The molecule has 0 spiro atoms. The quantitative estimate of drug-likeness (QED) is 0.398. The molecule has 1 unspecified atom stereocenters. The lowest BCUT2D eigenvalue weighted by Crippen LogP contribution is -2.32. The van der Waals surface area contributed by atoms with Gasteiger partial charge in [-0.2, -0.15) is 0 Å². The van der Waals surface area contributed by atoms with Crippen LogP contribution in [0.15, 0.2) is 45.8 Å². The van der Waals surface area contributed by atoms with Gasteiger partial charge >= 0.3 is 0 Å². The standard InChI is InChI=1S/C26H32N6O2/c1-4-23(25-28-29-30-32(25)21-8-5-6-9-21)31(16-22-10-7-11-34-22)15-20-14-19-13-17(2)12-18(3)24(19)27-26(20)33/h7,10-14,21,23H,4-6,8-9,15-16H2,1-3H3,(H,27,33). The second kappa shape index (κ2) is 9.54. The highest BCUT2D eigenvalue weighted by Crippen LogP contribution is 2.33. The van der Waals surface area contributed by atoms with E-state index in [9.17, 15) is 4.79 Å². The van der Waals surface area contributed by atoms with E-state index in [4.69, 9.17) is 4.42 Å². The van der Waals surface area contributed by atoms with Gasteiger partial charge in [-0.15, -0.1) is 5.10 Å². The Morgan fingerprint density at radius 1 is 1.21 bits per heavy atom. The summed E-state index contributed by atoms with van der Waals surface area (Å²) in [6.07, 6.45) is 7.14. The number of aromatic amines is 1. The summed E-state index contributed by atoms with van der Waals surface area (Å²) in [6, 6.07) is 10.4. The third kappa shape index (κ3) is 4.42. The number of hydrogen-bond donors (Lipinski definition) is 1. The molecule has 178 valence electrons. The molecule has 1 aliphatic carbocycles. The molecule has 5 rings (SSSR count). The number of H-pyrrole nitrogens is 1. The van der Waals surface area contributed by atoms with Crippen LogP contribution in [0.2, 0.25) is 0 Å². The van der Waals surface area contributed by atoms with Crippen LogP contribution >= 0.6 is 0 Å². The summed E-state index contributed by atoms with van der Waals surface area (Å²) in [4.78, 5) is 18.5. The van der Waals surface area contributed by atoms with Crippen LogP contribution in [0, 0.1) is 13.8 Å². The normalized spacial score (nSPS) is 15.5. The summed E-state index contributed by atoms with van der Waals surface area (Å²) in [7, 11) is 0. The van der Waals surface area contributed by atoms with Crippen LogP contribution in [0.4, 0.5) is 0 Å². The Morgan fingerprint density at radius 3 is 2.76 bits per heavy atom. The van der Waals surface area contributed by atoms with Crippen LogP contribution in [0.3, 0.4) is 0 Å². The van der Waals surface area contributed by atoms with Crippen LogP contribution in [0.1, 0.15) is 79.4 Å². The van der Waals surface area contributed by atoms with Gasteiger partial charge in [0.15, 0.2) is 5.82 Å². The fourth-order valence-corrected chi connectivity index (χ4v) is 5.38. The maximum Gasteiger partial charge on any atom is 0.252 e. The molecule has 1 saturated carbocycles. The average Bonchev–Trinajstić information content (AvgIpc) is 3.58. The second-order valence-corrected chi connectivity index (χ2v) is 9.50. The van der Waals surface area contributed by atoms with E-state index in [1.165, 1.54) is 18.4 Å². The minimum atomic E-state index is -0.0610. The minimum absolute atomic E-state index is 0.0463. The van der Waals surface area contributed by atoms with Crippen LogP contribution in [-0.4, -0.2) is 30.1 Å². The van der Waals surface area contributed by atoms with Gasteiger partial charge in [0.25, 0.3) is 5.56 Å². The molecule has 3 heterocycles. The lowest BCUT2D eigenvalue weighted by atomic mass is 10.0. The van der Waals surface area contributed by atoms with E-state index >= 15 is 0 Å². The number of nitrogens with one attached hydrogen (secondary N) is 1. The maximum atomic E-state index is 13.1. The predicted octanol–water partition coefficient (Wildman–Crippen LogP) is 4.99. The molecule has 1 atom stereocenters. The van der Waals surface area contributed by atoms with Crippen molar-refractivity contribution in [3.63, 3.8) is 0 Å². The van der Waals surface area contributed by atoms with Gasteiger partial charge in [-0.3, -0.25) is 9.69 Å². The minimum Gasteiger partial charge on any atom is -0.468 e. The first-order valence-corrected chi connectivity index (χ1v) is 12.2. The number of benzene rings is 1. The van der Waals surface area contributed by atoms with Crippen LogP contribution < -0.4 is 5.56 Å². The monoisotopic (exact) mass is 460 g/mol. The van der Waals surface area contributed by atoms with Crippen molar-refractivity contribution in [3.05, 3.63) is 75.2 Å². The molecule has 0 amide bonds. The van der Waals surface area contributed by atoms with Gasteiger partial charge < -0.3 is 9.40 Å². The summed E-state index contributed by atoms with van der Waals surface area (Å²) >= 11 is 0. The fourth-order valence-electron chi connectivity index (χ4n) is 5.38. The first-order chi connectivity index (χ1) is 16.5. The van der Waals surface area contributed by atoms with Gasteiger partial charge in [0, 0.05) is 12.1 Å². The number of aromatic nitrogens is 5. The van der Waals surface area contributed by atoms with Gasteiger partial charge in [0.2, 0.25) is 0 Å². The second-order valence-electron chi connectivity index (χ2n) is 9.50. The molecule has 1 fully saturated rings. The van der Waals surface area contributed by atoms with E-state index in [-0.39, 0.29) is 11.6 Å². The highest BCUT2D eigenvalue weighted by molar-refractivity contribution is 5.82. The van der Waals surface area contributed by atoms with Gasteiger partial charge in [-0.25, -0.2) is 4.68 Å². The number of rotatable bonds is 8. The fraction of sp³-hybridized carbons (Fsp3) is 0.462. The Kier molecular flexibility index (Phi) is 6.32. The van der Waals surface area contributed by atoms with Crippen molar-refractivity contribution >= 4 is 10.9 Å². The van der Waals surface area contributed by atoms with Crippen LogP contribution in [0.25, 0.3) is 10.9 Å². The molecule has 4 aromatic rings. The first kappa shape index (κ1) is 22.5. The highest BCUT2D eigenvalue weighted by Gasteiger charge is 2.30. The summed E-state index contributed by atoms with van der Waals surface area (Å²) in [5.41, 5.74) is 3.82. The summed E-state index contributed by atoms with van der Waals surface area (Å²) < 4.78 is 7.71. The zero-order valence-corrected chi connectivity index (χ0v) is 20.1. The third-order valence-corrected chi connectivity index (χ3v) is 7.00. The van der Waals surface area contributed by atoms with Crippen molar-refractivity contribution in [2.75, 3.05) is 0 Å². The molecule has 1 N–H and O–H groups in total. The Bertz CT molecular complexity index is 1320. The van der Waals surface area contributed by atoms with Crippen LogP contribution in [0.5, 0.6) is 0 Å². The van der Waals surface area contributed by atoms with E-state index in [2.05, 4.69) is 51.4 Å². The van der Waals surface area contributed by atoms with Crippen molar-refractivity contribution in [1.82, 2.24) is 30.1 Å². The molecule has 1 aliphatic rings. The highest BCUT2D eigenvalue weighted by atomic mass is 16.3. The molecular weight excluding hydrogens is 428 g/mol. The Hall–Kier alpha value is -3.26. The van der Waals surface area contributed by atoms with Gasteiger partial charge in [-0.05, 0) is 78.8 Å². The van der Waals surface area contributed by atoms with Crippen molar-refractivity contribution in [2.24, 2.45) is 0 Å². The molecule has 0 radical (unpaired) electrons. The Balaban J connectivity index is 1.53. The van der Waals surface area contributed by atoms with Gasteiger partial charge in [0.05, 0.1) is 30.4 Å². The van der Waals surface area contributed by atoms with E-state index in [0.717, 1.165) is 52.9 Å². The van der Waals surface area contributed by atoms with Gasteiger partial charge in [0.1, 0.15) is 5.76 Å². The number of nitrogens with zero attached hydrogens (tertiary/aromatic N) is 5. The molecule has 0 aliphatic heterocycles. The summed E-state index contributed by atoms with van der Waals surface area (Å²) in [5.74, 6) is 1.71. The third-order valence-electron chi connectivity index (χ3n) is 7.00. The van der Waals surface area contributed by atoms with E-state index < -0.39 is 0 Å².